The monoisotopic (exact) mass is 392 g/mol. The number of halogens is 1. The Morgan fingerprint density at radius 2 is 1.69 bits per heavy atom. The summed E-state index contributed by atoms with van der Waals surface area (Å²) in [6.45, 7) is 0. The summed E-state index contributed by atoms with van der Waals surface area (Å²) in [6, 6.07) is 11.7. The van der Waals surface area contributed by atoms with Crippen LogP contribution in [0, 0.1) is 17.7 Å². The van der Waals surface area contributed by atoms with Gasteiger partial charge in [0.05, 0.1) is 30.7 Å². The second kappa shape index (κ2) is 6.27. The van der Waals surface area contributed by atoms with Crippen LogP contribution in [0.3, 0.4) is 0 Å². The van der Waals surface area contributed by atoms with Gasteiger partial charge in [-0.2, -0.15) is 0 Å². The molecule has 4 unspecified atom stereocenters. The fraction of sp³-hybridized carbons (Fsp3) is 0.227. The number of imide groups is 1. The molecule has 3 aliphatic rings. The predicted molar refractivity (Wildman–Crippen MR) is 102 cm³/mol. The number of ether oxygens (including phenoxy) is 1. The summed E-state index contributed by atoms with van der Waals surface area (Å²) >= 11 is 0. The number of benzene rings is 2. The van der Waals surface area contributed by atoms with Crippen molar-refractivity contribution in [1.29, 1.82) is 0 Å². The molecule has 29 heavy (non-hydrogen) atoms. The maximum Gasteiger partial charge on any atom is 0.329 e. The van der Waals surface area contributed by atoms with E-state index in [1.807, 2.05) is 30.3 Å². The second-order valence-corrected chi connectivity index (χ2v) is 7.32. The zero-order valence-electron chi connectivity index (χ0n) is 15.5. The molecular formula is C22H17FN2O4. The average molecular weight is 392 g/mol. The van der Waals surface area contributed by atoms with Gasteiger partial charge in [-0.3, -0.25) is 9.59 Å². The first kappa shape index (κ1) is 17.6. The Hall–Kier alpha value is -3.48. The Balaban J connectivity index is 1.67. The van der Waals surface area contributed by atoms with Gasteiger partial charge >= 0.3 is 5.97 Å². The molecule has 0 saturated carbocycles. The lowest BCUT2D eigenvalue weighted by molar-refractivity contribution is -0.148. The van der Waals surface area contributed by atoms with E-state index in [9.17, 15) is 18.8 Å². The highest BCUT2D eigenvalue weighted by Gasteiger charge is 2.65. The molecule has 0 spiro atoms. The first-order valence-corrected chi connectivity index (χ1v) is 9.29. The van der Waals surface area contributed by atoms with Gasteiger partial charge < -0.3 is 9.64 Å². The first-order chi connectivity index (χ1) is 14.0. The van der Waals surface area contributed by atoms with Crippen LogP contribution in [0.2, 0.25) is 0 Å². The molecule has 0 bridgehead atoms. The zero-order valence-corrected chi connectivity index (χ0v) is 15.5. The number of para-hydroxylation sites is 1. The maximum atomic E-state index is 14.4. The number of hydrogen-bond donors (Lipinski definition) is 0. The molecule has 3 heterocycles. The molecule has 3 aliphatic heterocycles. The van der Waals surface area contributed by atoms with Crippen LogP contribution in [0.25, 0.3) is 6.08 Å². The number of fused-ring (bicyclic) bond motifs is 5. The van der Waals surface area contributed by atoms with Gasteiger partial charge in [-0.05, 0) is 29.3 Å². The van der Waals surface area contributed by atoms with Gasteiger partial charge in [0.15, 0.2) is 0 Å². The molecule has 6 nitrogen and oxygen atoms in total. The normalized spacial score (nSPS) is 27.0. The Morgan fingerprint density at radius 1 is 1.00 bits per heavy atom. The van der Waals surface area contributed by atoms with Crippen LogP contribution in [0.5, 0.6) is 0 Å². The molecule has 2 saturated heterocycles. The molecule has 0 aliphatic carbocycles. The summed E-state index contributed by atoms with van der Waals surface area (Å²) in [4.78, 5) is 42.0. The summed E-state index contributed by atoms with van der Waals surface area (Å²) in [7, 11) is 1.25. The van der Waals surface area contributed by atoms with Crippen LogP contribution in [0.1, 0.15) is 17.2 Å². The fourth-order valence-electron chi connectivity index (χ4n) is 4.82. The van der Waals surface area contributed by atoms with Crippen molar-refractivity contribution >= 4 is 29.5 Å². The van der Waals surface area contributed by atoms with Gasteiger partial charge in [-0.1, -0.05) is 36.4 Å². The summed E-state index contributed by atoms with van der Waals surface area (Å²) in [5, 5.41) is 0. The van der Waals surface area contributed by atoms with Crippen LogP contribution in [0.4, 0.5) is 10.1 Å². The van der Waals surface area contributed by atoms with Crippen molar-refractivity contribution in [3.63, 3.8) is 0 Å². The minimum Gasteiger partial charge on any atom is -0.467 e. The highest BCUT2D eigenvalue weighted by Crippen LogP contribution is 2.53. The third kappa shape index (κ3) is 2.30. The van der Waals surface area contributed by atoms with E-state index in [1.54, 1.807) is 17.2 Å². The largest absolute Gasteiger partial charge is 0.467 e. The summed E-state index contributed by atoms with van der Waals surface area (Å²) < 4.78 is 19.4. The summed E-state index contributed by atoms with van der Waals surface area (Å²) in [5.74, 6) is -4.10. The lowest BCUT2D eigenvalue weighted by atomic mass is 9.84. The Labute approximate surface area is 166 Å². The summed E-state index contributed by atoms with van der Waals surface area (Å²) in [5.41, 5.74) is 1.68. The Kier molecular flexibility index (Phi) is 3.81. The third-order valence-corrected chi connectivity index (χ3v) is 6.00. The van der Waals surface area contributed by atoms with Gasteiger partial charge in [-0.25, -0.2) is 14.1 Å². The molecular weight excluding hydrogens is 375 g/mol. The van der Waals surface area contributed by atoms with Crippen LogP contribution in [-0.4, -0.2) is 35.8 Å². The number of methoxy groups -OCH3 is 1. The maximum absolute atomic E-state index is 14.4. The van der Waals surface area contributed by atoms with E-state index >= 15 is 0 Å². The van der Waals surface area contributed by atoms with Crippen LogP contribution < -0.4 is 4.90 Å². The topological polar surface area (TPSA) is 66.9 Å². The van der Waals surface area contributed by atoms with E-state index in [2.05, 4.69) is 0 Å². The van der Waals surface area contributed by atoms with Gasteiger partial charge in [0, 0.05) is 6.20 Å². The van der Waals surface area contributed by atoms with Gasteiger partial charge in [0.2, 0.25) is 11.8 Å². The molecule has 146 valence electrons. The second-order valence-electron chi connectivity index (χ2n) is 7.32. The molecule has 0 N–H and O–H groups in total. The van der Waals surface area contributed by atoms with E-state index in [-0.39, 0.29) is 5.69 Å². The molecule has 0 radical (unpaired) electrons. The van der Waals surface area contributed by atoms with Crippen molar-refractivity contribution in [2.24, 2.45) is 11.8 Å². The SMILES string of the molecule is COC(=O)C1C2C(=O)N(c3ccccc3F)C(=O)C2C2c3ccccc3C=CN12. The van der Waals surface area contributed by atoms with E-state index in [1.165, 1.54) is 25.3 Å². The van der Waals surface area contributed by atoms with Crippen LogP contribution >= 0.6 is 0 Å². The predicted octanol–water partition coefficient (Wildman–Crippen LogP) is 2.51. The van der Waals surface area contributed by atoms with Crippen molar-refractivity contribution < 1.29 is 23.5 Å². The van der Waals surface area contributed by atoms with Crippen molar-refractivity contribution in [2.75, 3.05) is 12.0 Å². The zero-order chi connectivity index (χ0) is 20.3. The van der Waals surface area contributed by atoms with E-state index < -0.39 is 47.5 Å². The van der Waals surface area contributed by atoms with Gasteiger partial charge in [-0.15, -0.1) is 0 Å². The van der Waals surface area contributed by atoms with E-state index in [0.29, 0.717) is 0 Å². The van der Waals surface area contributed by atoms with Crippen molar-refractivity contribution in [2.45, 2.75) is 12.1 Å². The standard InChI is InChI=1S/C22H17FN2O4/c1-29-22(28)19-17-16(18-13-7-3-2-6-12(13)10-11-24(18)19)20(26)25(21(17)27)15-9-5-4-8-14(15)23/h2-11,16-19H,1H3. The number of carbonyl (C=O) groups is 3. The molecule has 2 fully saturated rings. The molecule has 2 amide bonds. The van der Waals surface area contributed by atoms with E-state index in [4.69, 9.17) is 4.74 Å². The highest BCUT2D eigenvalue weighted by molar-refractivity contribution is 6.24. The quantitative estimate of drug-likeness (QED) is 0.580. The first-order valence-electron chi connectivity index (χ1n) is 9.29. The number of carbonyl (C=O) groups excluding carboxylic acids is 3. The number of hydrogen-bond acceptors (Lipinski definition) is 5. The van der Waals surface area contributed by atoms with Gasteiger partial charge in [0.1, 0.15) is 11.9 Å². The summed E-state index contributed by atoms with van der Waals surface area (Å²) in [6.07, 6.45) is 3.59. The fourth-order valence-corrected chi connectivity index (χ4v) is 4.82. The van der Waals surface area contributed by atoms with Crippen LogP contribution in [0.15, 0.2) is 54.7 Å². The molecule has 7 heteroatoms. The third-order valence-electron chi connectivity index (χ3n) is 6.00. The molecule has 2 aromatic carbocycles. The Morgan fingerprint density at radius 3 is 2.45 bits per heavy atom. The van der Waals surface area contributed by atoms with Gasteiger partial charge in [0.25, 0.3) is 0 Å². The number of anilines is 1. The minimum atomic E-state index is -0.951. The average Bonchev–Trinajstić information content (AvgIpc) is 3.21. The lowest BCUT2D eigenvalue weighted by Crippen LogP contribution is -2.44. The molecule has 4 atom stereocenters. The molecule has 5 rings (SSSR count). The smallest absolute Gasteiger partial charge is 0.329 e. The highest BCUT2D eigenvalue weighted by atomic mass is 19.1. The van der Waals surface area contributed by atoms with Crippen molar-refractivity contribution in [3.05, 3.63) is 71.7 Å². The molecule has 0 aromatic heterocycles. The Bertz CT molecular complexity index is 1080. The lowest BCUT2D eigenvalue weighted by Gasteiger charge is -2.34. The minimum absolute atomic E-state index is 0.0910. The number of esters is 1. The van der Waals surface area contributed by atoms with Crippen molar-refractivity contribution in [1.82, 2.24) is 4.90 Å². The van der Waals surface area contributed by atoms with Crippen molar-refractivity contribution in [3.8, 4) is 0 Å². The number of nitrogens with zero attached hydrogens (tertiary/aromatic N) is 2. The number of rotatable bonds is 2. The number of amides is 2. The van der Waals surface area contributed by atoms with E-state index in [0.717, 1.165) is 16.0 Å². The van der Waals surface area contributed by atoms with Crippen LogP contribution in [-0.2, 0) is 19.1 Å². The molecule has 2 aromatic rings.